The van der Waals surface area contributed by atoms with E-state index >= 15 is 0 Å². The number of benzene rings is 7. The Labute approximate surface area is 333 Å². The van der Waals surface area contributed by atoms with Crippen molar-refractivity contribution in [3.8, 4) is 56.8 Å². The quantitative estimate of drug-likeness (QED) is 0.174. The van der Waals surface area contributed by atoms with Gasteiger partial charge in [0.1, 0.15) is 11.2 Å². The SMILES string of the molecule is c1ccc(-c2nc(-c3ccc4oc5ccccc5c4c3)nc(-c3ccc4sc5cccc(-c6nc(-c7ccccc7)c7sc8ccccc8c7n6)c5c4c3)n2)cc1. The highest BCUT2D eigenvalue weighted by molar-refractivity contribution is 7.26. The van der Waals surface area contributed by atoms with Gasteiger partial charge in [-0.3, -0.25) is 0 Å². The van der Waals surface area contributed by atoms with Gasteiger partial charge < -0.3 is 4.42 Å². The molecule has 0 amide bonds. The normalized spacial score (nSPS) is 11.9. The number of thiophene rings is 2. The van der Waals surface area contributed by atoms with Crippen molar-refractivity contribution in [2.45, 2.75) is 0 Å². The molecule has 5 aromatic heterocycles. The summed E-state index contributed by atoms with van der Waals surface area (Å²) < 4.78 is 10.8. The van der Waals surface area contributed by atoms with Crippen molar-refractivity contribution < 1.29 is 4.42 Å². The first-order valence-electron chi connectivity index (χ1n) is 18.7. The van der Waals surface area contributed by atoms with Crippen molar-refractivity contribution in [1.82, 2.24) is 24.9 Å². The van der Waals surface area contributed by atoms with E-state index in [1.54, 1.807) is 22.7 Å². The van der Waals surface area contributed by atoms with Crippen LogP contribution in [0.3, 0.4) is 0 Å². The third-order valence-electron chi connectivity index (χ3n) is 10.6. The van der Waals surface area contributed by atoms with Crippen LogP contribution in [-0.4, -0.2) is 24.9 Å². The van der Waals surface area contributed by atoms with Crippen LogP contribution < -0.4 is 0 Å². The number of furan rings is 1. The number of hydrogen-bond donors (Lipinski definition) is 0. The van der Waals surface area contributed by atoms with Gasteiger partial charge in [0.25, 0.3) is 0 Å². The van der Waals surface area contributed by atoms with Crippen LogP contribution in [0.4, 0.5) is 0 Å². The zero-order valence-corrected chi connectivity index (χ0v) is 31.7. The maximum Gasteiger partial charge on any atom is 0.164 e. The zero-order chi connectivity index (χ0) is 37.5. The molecule has 0 N–H and O–H groups in total. The Morgan fingerprint density at radius 2 is 0.982 bits per heavy atom. The third-order valence-corrected chi connectivity index (χ3v) is 12.9. The van der Waals surface area contributed by atoms with E-state index in [9.17, 15) is 0 Å². The molecule has 0 atom stereocenters. The summed E-state index contributed by atoms with van der Waals surface area (Å²) >= 11 is 3.52. The number of fused-ring (bicyclic) bond motifs is 9. The number of para-hydroxylation sites is 1. The maximum atomic E-state index is 6.14. The number of aromatic nitrogens is 5. The molecule has 0 aliphatic heterocycles. The predicted octanol–water partition coefficient (Wildman–Crippen LogP) is 13.6. The maximum absolute atomic E-state index is 6.14. The number of hydrogen-bond acceptors (Lipinski definition) is 8. The van der Waals surface area contributed by atoms with Gasteiger partial charge in [-0.25, -0.2) is 24.9 Å². The molecule has 6 nitrogen and oxygen atoms in total. The molecule has 12 aromatic rings. The van der Waals surface area contributed by atoms with E-state index in [4.69, 9.17) is 29.3 Å². The minimum Gasteiger partial charge on any atom is -0.456 e. The second kappa shape index (κ2) is 12.7. The van der Waals surface area contributed by atoms with E-state index in [1.165, 1.54) is 14.1 Å². The molecule has 0 aliphatic rings. The lowest BCUT2D eigenvalue weighted by Crippen LogP contribution is -2.00. The highest BCUT2D eigenvalue weighted by Gasteiger charge is 2.21. The second-order valence-corrected chi connectivity index (χ2v) is 16.1. The molecule has 0 aliphatic carbocycles. The van der Waals surface area contributed by atoms with Crippen LogP contribution >= 0.6 is 22.7 Å². The highest BCUT2D eigenvalue weighted by Crippen LogP contribution is 2.44. The average Bonchev–Trinajstić information content (AvgIpc) is 3.97. The van der Waals surface area contributed by atoms with Crippen molar-refractivity contribution in [3.05, 3.63) is 164 Å². The van der Waals surface area contributed by atoms with Crippen molar-refractivity contribution in [2.75, 3.05) is 0 Å². The highest BCUT2D eigenvalue weighted by atomic mass is 32.1. The van der Waals surface area contributed by atoms with Gasteiger partial charge in [0.05, 0.1) is 15.9 Å². The van der Waals surface area contributed by atoms with E-state index in [-0.39, 0.29) is 0 Å². The monoisotopic (exact) mass is 765 g/mol. The van der Waals surface area contributed by atoms with Gasteiger partial charge in [-0.15, -0.1) is 22.7 Å². The van der Waals surface area contributed by atoms with E-state index in [0.29, 0.717) is 23.3 Å². The molecule has 0 radical (unpaired) electrons. The minimum atomic E-state index is 0.597. The molecular weight excluding hydrogens is 739 g/mol. The smallest absolute Gasteiger partial charge is 0.164 e. The van der Waals surface area contributed by atoms with Crippen LogP contribution in [-0.2, 0) is 0 Å². The Hall–Kier alpha value is -7.13. The van der Waals surface area contributed by atoms with Gasteiger partial charge >= 0.3 is 0 Å². The summed E-state index contributed by atoms with van der Waals surface area (Å²) in [5.41, 5.74) is 8.38. The topological polar surface area (TPSA) is 77.6 Å². The molecule has 57 heavy (non-hydrogen) atoms. The molecule has 8 heteroatoms. The molecule has 0 spiro atoms. The summed E-state index contributed by atoms with van der Waals surface area (Å²) in [5.74, 6) is 2.52. The lowest BCUT2D eigenvalue weighted by Gasteiger charge is -2.10. The fourth-order valence-corrected chi connectivity index (χ4v) is 10.1. The van der Waals surface area contributed by atoms with Crippen LogP contribution in [0.25, 0.3) is 119 Å². The van der Waals surface area contributed by atoms with Crippen LogP contribution in [0, 0.1) is 0 Å². The number of nitrogens with zero attached hydrogens (tertiary/aromatic N) is 5. The Morgan fingerprint density at radius 1 is 0.368 bits per heavy atom. The third kappa shape index (κ3) is 5.26. The molecule has 0 saturated heterocycles. The van der Waals surface area contributed by atoms with Gasteiger partial charge in [0.2, 0.25) is 0 Å². The van der Waals surface area contributed by atoms with Gasteiger partial charge in [0.15, 0.2) is 23.3 Å². The Morgan fingerprint density at radius 3 is 1.79 bits per heavy atom. The molecule has 0 fully saturated rings. The van der Waals surface area contributed by atoms with Gasteiger partial charge in [-0.05, 0) is 54.6 Å². The number of rotatable bonds is 5. The van der Waals surface area contributed by atoms with E-state index in [1.807, 2.05) is 66.7 Å². The van der Waals surface area contributed by atoms with Crippen molar-refractivity contribution >= 4 is 85.1 Å². The molecule has 7 aromatic carbocycles. The van der Waals surface area contributed by atoms with Crippen LogP contribution in [0.5, 0.6) is 0 Å². The van der Waals surface area contributed by atoms with Crippen molar-refractivity contribution in [1.29, 1.82) is 0 Å². The van der Waals surface area contributed by atoms with Crippen molar-refractivity contribution in [3.63, 3.8) is 0 Å². The van der Waals surface area contributed by atoms with Crippen LogP contribution in [0.15, 0.2) is 168 Å². The predicted molar refractivity (Wildman–Crippen MR) is 236 cm³/mol. The fourth-order valence-electron chi connectivity index (χ4n) is 7.87. The van der Waals surface area contributed by atoms with Gasteiger partial charge in [-0.2, -0.15) is 0 Å². The van der Waals surface area contributed by atoms with Crippen molar-refractivity contribution in [2.24, 2.45) is 0 Å². The Bertz CT molecular complexity index is 3540. The van der Waals surface area contributed by atoms with E-state index < -0.39 is 0 Å². The zero-order valence-electron chi connectivity index (χ0n) is 30.0. The first kappa shape index (κ1) is 32.1. The van der Waals surface area contributed by atoms with Gasteiger partial charge in [-0.1, -0.05) is 109 Å². The Kier molecular flexibility index (Phi) is 7.17. The van der Waals surface area contributed by atoms with Crippen LogP contribution in [0.1, 0.15) is 0 Å². The largest absolute Gasteiger partial charge is 0.456 e. The summed E-state index contributed by atoms with van der Waals surface area (Å²) in [6.07, 6.45) is 0. The molecular formula is C49H27N5OS2. The summed E-state index contributed by atoms with van der Waals surface area (Å²) in [4.78, 5) is 26.0. The van der Waals surface area contributed by atoms with E-state index in [0.717, 1.165) is 81.8 Å². The second-order valence-electron chi connectivity index (χ2n) is 14.0. The Balaban J connectivity index is 1.06. The van der Waals surface area contributed by atoms with Crippen LogP contribution in [0.2, 0.25) is 0 Å². The minimum absolute atomic E-state index is 0.597. The fraction of sp³-hybridized carbons (Fsp3) is 0. The lowest BCUT2D eigenvalue weighted by molar-refractivity contribution is 0.669. The summed E-state index contributed by atoms with van der Waals surface area (Å²) in [6.45, 7) is 0. The first-order chi connectivity index (χ1) is 28.2. The first-order valence-corrected chi connectivity index (χ1v) is 20.3. The molecule has 266 valence electrons. The lowest BCUT2D eigenvalue weighted by atomic mass is 10.0. The summed E-state index contributed by atoms with van der Waals surface area (Å²) in [7, 11) is 0. The molecule has 0 bridgehead atoms. The molecule has 0 saturated carbocycles. The van der Waals surface area contributed by atoms with E-state index in [2.05, 4.69) is 97.1 Å². The van der Waals surface area contributed by atoms with Gasteiger partial charge in [0, 0.05) is 68.8 Å². The molecule has 5 heterocycles. The summed E-state index contributed by atoms with van der Waals surface area (Å²) in [6, 6.07) is 56.2. The standard InChI is InChI=1S/C49H27N5OS2/c1-3-12-28(13-4-1)43-45-44(33-17-8-10-20-39(33)57-45)51-49(50-43)34-18-11-21-41-42(34)36-27-31(23-25-40(36)56-41)48-53-46(29-14-5-2-6-15-29)52-47(54-48)30-22-24-38-35(26-30)32-16-7-9-19-37(32)55-38/h1-27H. The molecule has 0 unspecified atom stereocenters. The summed E-state index contributed by atoms with van der Waals surface area (Å²) in [5, 5.41) is 5.45. The average molecular weight is 766 g/mol. The molecule has 12 rings (SSSR count).